The van der Waals surface area contributed by atoms with Crippen molar-refractivity contribution in [3.63, 3.8) is 0 Å². The Morgan fingerprint density at radius 1 is 1.19 bits per heavy atom. The van der Waals surface area contributed by atoms with Gasteiger partial charge in [0.05, 0.1) is 10.1 Å². The van der Waals surface area contributed by atoms with Crippen molar-refractivity contribution in [3.05, 3.63) is 56.5 Å². The molecule has 11 heteroatoms. The molecule has 11 nitrogen and oxygen atoms in total. The number of amides is 2. The van der Waals surface area contributed by atoms with E-state index in [0.29, 0.717) is 0 Å². The van der Waals surface area contributed by atoms with Crippen LogP contribution in [0.4, 0.5) is 5.69 Å². The highest BCUT2D eigenvalue weighted by molar-refractivity contribution is 5.95. The summed E-state index contributed by atoms with van der Waals surface area (Å²) in [5.74, 6) is -0.779. The van der Waals surface area contributed by atoms with Crippen LogP contribution in [0, 0.1) is 22.2 Å². The lowest BCUT2D eigenvalue weighted by molar-refractivity contribution is -0.806. The van der Waals surface area contributed by atoms with Gasteiger partial charge in [0.2, 0.25) is 5.69 Å². The van der Waals surface area contributed by atoms with Crippen LogP contribution in [-0.2, 0) is 0 Å². The van der Waals surface area contributed by atoms with Gasteiger partial charge >= 0.3 is 11.6 Å². The van der Waals surface area contributed by atoms with Crippen LogP contribution in [0.5, 0.6) is 0 Å². The fourth-order valence-corrected chi connectivity index (χ4v) is 2.68. The van der Waals surface area contributed by atoms with E-state index in [0.717, 1.165) is 0 Å². The summed E-state index contributed by atoms with van der Waals surface area (Å²) < 4.78 is 4.40. The minimum Gasteiger partial charge on any atom is -0.359 e. The van der Waals surface area contributed by atoms with Crippen LogP contribution in [0.3, 0.4) is 0 Å². The van der Waals surface area contributed by atoms with Crippen molar-refractivity contribution in [1.29, 1.82) is 0 Å². The van der Waals surface area contributed by atoms with Crippen molar-refractivity contribution in [1.82, 2.24) is 15.0 Å². The first-order chi connectivity index (χ1) is 12.4. The highest BCUT2D eigenvalue weighted by Crippen LogP contribution is 2.16. The summed E-state index contributed by atoms with van der Waals surface area (Å²) in [5, 5.41) is 25.5. The van der Waals surface area contributed by atoms with E-state index in [9.17, 15) is 24.9 Å². The molecule has 1 saturated heterocycles. The van der Waals surface area contributed by atoms with Crippen LogP contribution in [0.1, 0.15) is 26.5 Å². The molecule has 1 aromatic carbocycles. The Morgan fingerprint density at radius 3 is 2.35 bits per heavy atom. The molecule has 0 unspecified atom stereocenters. The number of benzene rings is 1. The molecule has 0 N–H and O–H groups in total. The molecule has 136 valence electrons. The second-order valence-electron chi connectivity index (χ2n) is 5.76. The van der Waals surface area contributed by atoms with Gasteiger partial charge in [-0.15, -0.1) is 0 Å². The van der Waals surface area contributed by atoms with E-state index in [1.54, 1.807) is 0 Å². The molecule has 0 radical (unpaired) electrons. The van der Waals surface area contributed by atoms with E-state index in [4.69, 9.17) is 0 Å². The van der Waals surface area contributed by atoms with Gasteiger partial charge in [0.15, 0.2) is 0 Å². The van der Waals surface area contributed by atoms with Gasteiger partial charge in [-0.05, 0) is 11.0 Å². The van der Waals surface area contributed by atoms with Crippen LogP contribution in [0.25, 0.3) is 0 Å². The number of piperazine rings is 1. The fourth-order valence-electron chi connectivity index (χ4n) is 2.68. The Hall–Kier alpha value is -3.50. The van der Waals surface area contributed by atoms with Crippen molar-refractivity contribution >= 4 is 17.5 Å². The van der Waals surface area contributed by atoms with Crippen LogP contribution in [-0.4, -0.2) is 57.9 Å². The number of nitro benzene ring substituents is 1. The molecule has 1 aliphatic heterocycles. The summed E-state index contributed by atoms with van der Waals surface area (Å²) in [6.07, 6.45) is 0. The van der Waals surface area contributed by atoms with Gasteiger partial charge < -0.3 is 15.0 Å². The van der Waals surface area contributed by atoms with Gasteiger partial charge in [0.25, 0.3) is 11.6 Å². The van der Waals surface area contributed by atoms with E-state index in [1.165, 1.54) is 41.0 Å². The SMILES string of the molecule is Cc1c(C(=O)N2CCN(C(=O)c3cccc([N+](=O)[O-])c3)CC2)no[n+]1[O-]. The molecule has 0 aliphatic carbocycles. The van der Waals surface area contributed by atoms with Gasteiger partial charge in [-0.2, -0.15) is 0 Å². The predicted octanol–water partition coefficient (Wildman–Crippen LogP) is 0.123. The Bertz CT molecular complexity index is 871. The van der Waals surface area contributed by atoms with E-state index >= 15 is 0 Å². The lowest BCUT2D eigenvalue weighted by Gasteiger charge is -2.34. The van der Waals surface area contributed by atoms with Crippen LogP contribution in [0.15, 0.2) is 28.9 Å². The quantitative estimate of drug-likeness (QED) is 0.430. The van der Waals surface area contributed by atoms with Crippen LogP contribution >= 0.6 is 0 Å². The molecule has 1 aromatic heterocycles. The van der Waals surface area contributed by atoms with Crippen molar-refractivity contribution < 1.29 is 24.0 Å². The average molecular weight is 361 g/mol. The normalized spacial score (nSPS) is 14.3. The molecule has 0 atom stereocenters. The van der Waals surface area contributed by atoms with Gasteiger partial charge in [0, 0.05) is 50.8 Å². The standard InChI is InChI=1S/C15H15N5O6/c1-10-13(16-26-20(10)25)15(22)18-7-5-17(6-8-18)14(21)11-3-2-4-12(9-11)19(23)24/h2-4,9H,5-8H2,1H3. The van der Waals surface area contributed by atoms with Crippen molar-refractivity contribution in [3.8, 4) is 0 Å². The van der Waals surface area contributed by atoms with Crippen LogP contribution in [0.2, 0.25) is 0 Å². The molecule has 26 heavy (non-hydrogen) atoms. The Labute approximate surface area is 147 Å². The molecule has 2 aromatic rings. The number of nitrogens with zero attached hydrogens (tertiary/aromatic N) is 5. The summed E-state index contributed by atoms with van der Waals surface area (Å²) in [6, 6.07) is 5.51. The second kappa shape index (κ2) is 6.78. The first-order valence-corrected chi connectivity index (χ1v) is 7.78. The highest BCUT2D eigenvalue weighted by Gasteiger charge is 2.31. The zero-order valence-electron chi connectivity index (χ0n) is 13.8. The van der Waals surface area contributed by atoms with Crippen molar-refractivity contribution in [2.24, 2.45) is 0 Å². The number of carbonyl (C=O) groups is 2. The topological polar surface area (TPSA) is 137 Å². The molecule has 0 spiro atoms. The third-order valence-corrected chi connectivity index (χ3v) is 4.18. The van der Waals surface area contributed by atoms with E-state index in [-0.39, 0.29) is 59.6 Å². The maximum Gasteiger partial charge on any atom is 0.308 e. The maximum absolute atomic E-state index is 12.5. The smallest absolute Gasteiger partial charge is 0.308 e. The van der Waals surface area contributed by atoms with Crippen molar-refractivity contribution in [2.45, 2.75) is 6.92 Å². The summed E-state index contributed by atoms with van der Waals surface area (Å²) >= 11 is 0. The molecule has 2 heterocycles. The number of non-ortho nitro benzene ring substituents is 1. The molecule has 3 rings (SSSR count). The van der Waals surface area contributed by atoms with Gasteiger partial charge in [-0.25, -0.2) is 0 Å². The molecule has 0 saturated carbocycles. The monoisotopic (exact) mass is 361 g/mol. The third-order valence-electron chi connectivity index (χ3n) is 4.18. The molecule has 2 amide bonds. The largest absolute Gasteiger partial charge is 0.359 e. The lowest BCUT2D eigenvalue weighted by atomic mass is 10.1. The zero-order valence-corrected chi connectivity index (χ0v) is 13.8. The lowest BCUT2D eigenvalue weighted by Crippen LogP contribution is -2.50. The minimum absolute atomic E-state index is 0.0570. The van der Waals surface area contributed by atoms with Gasteiger partial charge in [-0.3, -0.25) is 24.3 Å². The first kappa shape index (κ1) is 17.3. The van der Waals surface area contributed by atoms with E-state index in [2.05, 4.69) is 9.79 Å². The number of hydrogen-bond acceptors (Lipinski definition) is 7. The molecule has 0 bridgehead atoms. The van der Waals surface area contributed by atoms with E-state index in [1.807, 2.05) is 0 Å². The summed E-state index contributed by atoms with van der Waals surface area (Å²) in [5.41, 5.74) is 0.0827. The van der Waals surface area contributed by atoms with Gasteiger partial charge in [0.1, 0.15) is 0 Å². The zero-order chi connectivity index (χ0) is 18.8. The number of rotatable bonds is 3. The Kier molecular flexibility index (Phi) is 4.52. The van der Waals surface area contributed by atoms with E-state index < -0.39 is 10.8 Å². The third kappa shape index (κ3) is 3.18. The second-order valence-corrected chi connectivity index (χ2v) is 5.76. The summed E-state index contributed by atoms with van der Waals surface area (Å²) in [4.78, 5) is 38.3. The first-order valence-electron chi connectivity index (χ1n) is 7.78. The molecule has 1 fully saturated rings. The summed E-state index contributed by atoms with van der Waals surface area (Å²) in [7, 11) is 0. The average Bonchev–Trinajstić information content (AvgIpc) is 2.99. The highest BCUT2D eigenvalue weighted by atomic mass is 16.8. The number of nitro groups is 1. The van der Waals surface area contributed by atoms with Crippen LogP contribution < -0.4 is 4.90 Å². The molecular formula is C15H15N5O6. The number of hydrogen-bond donors (Lipinski definition) is 0. The molecular weight excluding hydrogens is 346 g/mol. The summed E-state index contributed by atoms with van der Waals surface area (Å²) in [6.45, 7) is 2.47. The van der Waals surface area contributed by atoms with Crippen molar-refractivity contribution in [2.75, 3.05) is 26.2 Å². The minimum atomic E-state index is -0.560. The Balaban J connectivity index is 1.66. The number of aromatic nitrogens is 2. The predicted molar refractivity (Wildman–Crippen MR) is 85.1 cm³/mol. The fraction of sp³-hybridized carbons (Fsp3) is 0.333. The number of carbonyl (C=O) groups excluding carboxylic acids is 2. The Morgan fingerprint density at radius 2 is 1.81 bits per heavy atom. The maximum atomic E-state index is 12.5. The van der Waals surface area contributed by atoms with Gasteiger partial charge in [-0.1, -0.05) is 6.07 Å². The molecule has 1 aliphatic rings.